The topological polar surface area (TPSA) is 76.1 Å². The second-order valence-electron chi connectivity index (χ2n) is 5.35. The Hall–Kier alpha value is -3.26. The average molecular weight is 391 g/mol. The van der Waals surface area contributed by atoms with Crippen molar-refractivity contribution in [2.24, 2.45) is 0 Å². The van der Waals surface area contributed by atoms with E-state index in [0.29, 0.717) is 22.3 Å². The van der Waals surface area contributed by atoms with Gasteiger partial charge in [-0.2, -0.15) is 0 Å². The van der Waals surface area contributed by atoms with Crippen LogP contribution in [0, 0.1) is 11.6 Å². The van der Waals surface area contributed by atoms with Crippen molar-refractivity contribution in [2.75, 3.05) is 17.7 Å². The zero-order valence-electron chi connectivity index (χ0n) is 14.0. The lowest BCUT2D eigenvalue weighted by Gasteiger charge is -2.09. The highest BCUT2D eigenvalue weighted by Crippen LogP contribution is 2.28. The molecule has 2 N–H and O–H groups in total. The average Bonchev–Trinajstić information content (AvgIpc) is 2.65. The summed E-state index contributed by atoms with van der Waals surface area (Å²) >= 11 is 6.07. The molecule has 0 aliphatic rings. The van der Waals surface area contributed by atoms with Crippen LogP contribution < -0.4 is 15.4 Å². The normalized spacial score (nSPS) is 10.4. The van der Waals surface area contributed by atoms with Crippen LogP contribution in [-0.4, -0.2) is 23.0 Å². The Balaban J connectivity index is 1.75. The van der Waals surface area contributed by atoms with Gasteiger partial charge in [0.25, 0.3) is 5.91 Å². The fraction of sp³-hybridized carbons (Fsp3) is 0.0556. The van der Waals surface area contributed by atoms with Crippen LogP contribution in [0.25, 0.3) is 0 Å². The summed E-state index contributed by atoms with van der Waals surface area (Å²) in [6.07, 6.45) is 1.20. The molecule has 0 radical (unpaired) electrons. The van der Waals surface area contributed by atoms with E-state index in [2.05, 4.69) is 20.6 Å². The van der Waals surface area contributed by atoms with Gasteiger partial charge in [0, 0.05) is 23.5 Å². The van der Waals surface area contributed by atoms with Gasteiger partial charge in [0.1, 0.15) is 23.6 Å². The lowest BCUT2D eigenvalue weighted by molar-refractivity contribution is 0.102. The minimum Gasteiger partial charge on any atom is -0.495 e. The number of methoxy groups -OCH3 is 1. The van der Waals surface area contributed by atoms with Gasteiger partial charge in [-0.3, -0.25) is 4.79 Å². The molecule has 0 aliphatic heterocycles. The lowest BCUT2D eigenvalue weighted by atomic mass is 10.2. The summed E-state index contributed by atoms with van der Waals surface area (Å²) in [5, 5.41) is 5.84. The Bertz CT molecular complexity index is 1000. The molecule has 3 aromatic rings. The van der Waals surface area contributed by atoms with Crippen LogP contribution in [0.2, 0.25) is 5.02 Å². The van der Waals surface area contributed by atoms with Gasteiger partial charge in [-0.1, -0.05) is 11.6 Å². The van der Waals surface area contributed by atoms with Gasteiger partial charge in [-0.25, -0.2) is 18.7 Å². The zero-order valence-corrected chi connectivity index (χ0v) is 14.7. The number of nitrogens with one attached hydrogen (secondary N) is 2. The minimum atomic E-state index is -1.06. The summed E-state index contributed by atoms with van der Waals surface area (Å²) in [6.45, 7) is 0. The summed E-state index contributed by atoms with van der Waals surface area (Å²) in [5.41, 5.74) is 0.775. The second-order valence-corrected chi connectivity index (χ2v) is 5.75. The highest BCUT2D eigenvalue weighted by molar-refractivity contribution is 6.32. The molecule has 0 saturated heterocycles. The van der Waals surface area contributed by atoms with Crippen molar-refractivity contribution in [1.82, 2.24) is 9.97 Å². The van der Waals surface area contributed by atoms with Crippen molar-refractivity contribution in [3.8, 4) is 5.75 Å². The van der Waals surface area contributed by atoms with Gasteiger partial charge in [-0.05, 0) is 30.3 Å². The first-order valence-corrected chi connectivity index (χ1v) is 8.03. The van der Waals surface area contributed by atoms with Crippen molar-refractivity contribution in [2.45, 2.75) is 0 Å². The van der Waals surface area contributed by atoms with E-state index in [1.165, 1.54) is 25.6 Å². The SMILES string of the molecule is COc1ccc(Nc2cc(C(=O)Nc3ccc(F)c(F)c3)ncn2)cc1Cl. The number of benzene rings is 2. The number of hydrogen-bond acceptors (Lipinski definition) is 5. The Morgan fingerprint density at radius 2 is 1.81 bits per heavy atom. The van der Waals surface area contributed by atoms with E-state index in [9.17, 15) is 13.6 Å². The number of anilines is 3. The van der Waals surface area contributed by atoms with E-state index in [-0.39, 0.29) is 11.4 Å². The summed E-state index contributed by atoms with van der Waals surface area (Å²) < 4.78 is 31.3. The molecule has 27 heavy (non-hydrogen) atoms. The third-order valence-electron chi connectivity index (χ3n) is 3.50. The Labute approximate surface area is 158 Å². The zero-order chi connectivity index (χ0) is 19.4. The van der Waals surface area contributed by atoms with Crippen LogP contribution in [0.4, 0.5) is 26.0 Å². The van der Waals surface area contributed by atoms with Crippen molar-refractivity contribution in [3.05, 3.63) is 71.1 Å². The fourth-order valence-corrected chi connectivity index (χ4v) is 2.47. The van der Waals surface area contributed by atoms with E-state index < -0.39 is 17.5 Å². The third kappa shape index (κ3) is 4.48. The largest absolute Gasteiger partial charge is 0.495 e. The van der Waals surface area contributed by atoms with E-state index in [1.54, 1.807) is 18.2 Å². The van der Waals surface area contributed by atoms with Crippen molar-refractivity contribution >= 4 is 34.7 Å². The first-order chi connectivity index (χ1) is 13.0. The fourth-order valence-electron chi connectivity index (χ4n) is 2.21. The number of halogens is 3. The Morgan fingerprint density at radius 3 is 2.52 bits per heavy atom. The van der Waals surface area contributed by atoms with Crippen molar-refractivity contribution < 1.29 is 18.3 Å². The third-order valence-corrected chi connectivity index (χ3v) is 3.80. The molecule has 138 valence electrons. The second kappa shape index (κ2) is 7.96. The molecule has 1 aromatic heterocycles. The smallest absolute Gasteiger partial charge is 0.274 e. The molecule has 3 rings (SSSR count). The molecule has 0 fully saturated rings. The molecular weight excluding hydrogens is 378 g/mol. The predicted molar refractivity (Wildman–Crippen MR) is 97.6 cm³/mol. The minimum absolute atomic E-state index is 0.0387. The maximum atomic E-state index is 13.2. The summed E-state index contributed by atoms with van der Waals surface area (Å²) in [4.78, 5) is 20.2. The molecule has 0 unspecified atom stereocenters. The molecule has 1 heterocycles. The van der Waals surface area contributed by atoms with E-state index in [0.717, 1.165) is 12.1 Å². The number of aromatic nitrogens is 2. The van der Waals surface area contributed by atoms with Crippen molar-refractivity contribution in [1.29, 1.82) is 0 Å². The Morgan fingerprint density at radius 1 is 1.04 bits per heavy atom. The molecule has 0 atom stereocenters. The summed E-state index contributed by atoms with van der Waals surface area (Å²) in [5.74, 6) is -1.79. The van der Waals surface area contributed by atoms with E-state index >= 15 is 0 Å². The van der Waals surface area contributed by atoms with Crippen LogP contribution in [0.3, 0.4) is 0 Å². The maximum Gasteiger partial charge on any atom is 0.274 e. The van der Waals surface area contributed by atoms with Gasteiger partial charge >= 0.3 is 0 Å². The highest BCUT2D eigenvalue weighted by atomic mass is 35.5. The Kier molecular flexibility index (Phi) is 5.46. The van der Waals surface area contributed by atoms with Crippen LogP contribution >= 0.6 is 11.6 Å². The molecule has 0 saturated carbocycles. The van der Waals surface area contributed by atoms with Crippen LogP contribution in [0.5, 0.6) is 5.75 Å². The number of rotatable bonds is 5. The molecule has 9 heteroatoms. The highest BCUT2D eigenvalue weighted by Gasteiger charge is 2.11. The number of carbonyl (C=O) groups is 1. The first-order valence-electron chi connectivity index (χ1n) is 7.65. The van der Waals surface area contributed by atoms with Crippen LogP contribution in [-0.2, 0) is 0 Å². The monoisotopic (exact) mass is 390 g/mol. The molecule has 0 bridgehead atoms. The number of ether oxygens (including phenoxy) is 1. The molecular formula is C18H13ClF2N4O2. The number of hydrogen-bond donors (Lipinski definition) is 2. The lowest BCUT2D eigenvalue weighted by Crippen LogP contribution is -2.14. The van der Waals surface area contributed by atoms with Gasteiger partial charge in [0.2, 0.25) is 0 Å². The van der Waals surface area contributed by atoms with E-state index in [1.807, 2.05) is 0 Å². The van der Waals surface area contributed by atoms with Gasteiger partial charge in [0.05, 0.1) is 12.1 Å². The molecule has 0 spiro atoms. The quantitative estimate of drug-likeness (QED) is 0.674. The van der Waals surface area contributed by atoms with Gasteiger partial charge in [-0.15, -0.1) is 0 Å². The molecule has 0 aliphatic carbocycles. The molecule has 6 nitrogen and oxygen atoms in total. The standard InChI is InChI=1S/C18H13ClF2N4O2/c1-27-16-5-3-10(6-12(16)19)24-17-8-15(22-9-23-17)18(26)25-11-2-4-13(20)14(21)7-11/h2-9H,1H3,(H,25,26)(H,22,23,24). The van der Waals surface area contributed by atoms with Crippen molar-refractivity contribution in [3.63, 3.8) is 0 Å². The molecule has 2 aromatic carbocycles. The number of nitrogens with zero attached hydrogens (tertiary/aromatic N) is 2. The number of carbonyl (C=O) groups excluding carboxylic acids is 1. The maximum absolute atomic E-state index is 13.2. The first kappa shape index (κ1) is 18.5. The summed E-state index contributed by atoms with van der Waals surface area (Å²) in [7, 11) is 1.51. The van der Waals surface area contributed by atoms with Gasteiger partial charge in [0.15, 0.2) is 11.6 Å². The predicted octanol–water partition coefficient (Wildman–Crippen LogP) is 4.41. The van der Waals surface area contributed by atoms with Crippen LogP contribution in [0.15, 0.2) is 48.8 Å². The van der Waals surface area contributed by atoms with Crippen LogP contribution in [0.1, 0.15) is 10.5 Å². The molecule has 1 amide bonds. The summed E-state index contributed by atoms with van der Waals surface area (Å²) in [6, 6.07) is 9.52. The number of amides is 1. The van der Waals surface area contributed by atoms with Gasteiger partial charge < -0.3 is 15.4 Å². The van der Waals surface area contributed by atoms with E-state index in [4.69, 9.17) is 16.3 Å².